The van der Waals surface area contributed by atoms with Gasteiger partial charge in [0.25, 0.3) is 0 Å². The van der Waals surface area contributed by atoms with Crippen LogP contribution >= 0.6 is 0 Å². The van der Waals surface area contributed by atoms with Crippen LogP contribution in [0.15, 0.2) is 35.8 Å². The molecule has 1 aromatic carbocycles. The summed E-state index contributed by atoms with van der Waals surface area (Å²) in [6, 6.07) is 5.59. The Bertz CT molecular complexity index is 359. The molecule has 0 saturated carbocycles. The molecule has 0 fully saturated rings. The predicted molar refractivity (Wildman–Crippen MR) is 62.2 cm³/mol. The van der Waals surface area contributed by atoms with Gasteiger partial charge in [0.15, 0.2) is 0 Å². The maximum atomic E-state index is 5.20. The molecule has 0 spiro atoms. The Morgan fingerprint density at radius 1 is 1.33 bits per heavy atom. The van der Waals surface area contributed by atoms with Crippen molar-refractivity contribution in [3.8, 4) is 11.5 Å². The summed E-state index contributed by atoms with van der Waals surface area (Å²) in [5, 5.41) is 0. The fourth-order valence-electron chi connectivity index (χ4n) is 1.17. The Balaban J connectivity index is 2.95. The first kappa shape index (κ1) is 11.3. The molecule has 0 aliphatic heterocycles. The molecule has 3 heteroatoms. The van der Waals surface area contributed by atoms with E-state index in [1.165, 1.54) is 0 Å². The van der Waals surface area contributed by atoms with Crippen LogP contribution < -0.4 is 9.47 Å². The summed E-state index contributed by atoms with van der Waals surface area (Å²) in [7, 11) is 3.26. The minimum absolute atomic E-state index is 0.598. The molecule has 0 aliphatic rings. The molecular formula is C12H15NO2. The minimum atomic E-state index is 0.598. The Labute approximate surface area is 90.1 Å². The van der Waals surface area contributed by atoms with E-state index in [-0.39, 0.29) is 0 Å². The monoisotopic (exact) mass is 205 g/mol. The fraction of sp³-hybridized carbons (Fsp3) is 0.250. The van der Waals surface area contributed by atoms with Crippen LogP contribution in [0, 0.1) is 0 Å². The first-order valence-electron chi connectivity index (χ1n) is 4.64. The summed E-state index contributed by atoms with van der Waals surface area (Å²) in [5.74, 6) is 1.57. The van der Waals surface area contributed by atoms with E-state index in [0.29, 0.717) is 6.54 Å². The summed E-state index contributed by atoms with van der Waals surface area (Å²) in [5.41, 5.74) is 0.902. The van der Waals surface area contributed by atoms with Crippen molar-refractivity contribution in [2.75, 3.05) is 20.8 Å². The Kier molecular flexibility index (Phi) is 4.41. The zero-order valence-corrected chi connectivity index (χ0v) is 9.06. The molecule has 0 aliphatic carbocycles. The first-order chi connectivity index (χ1) is 7.31. The van der Waals surface area contributed by atoms with Gasteiger partial charge in [0.2, 0.25) is 0 Å². The largest absolute Gasteiger partial charge is 0.497 e. The SMILES string of the molecule is C=CCN=Cc1cc(OC)ccc1OC. The van der Waals surface area contributed by atoms with Gasteiger partial charge < -0.3 is 9.47 Å². The molecule has 0 unspecified atom stereocenters. The first-order valence-corrected chi connectivity index (χ1v) is 4.64. The van der Waals surface area contributed by atoms with Gasteiger partial charge in [-0.15, -0.1) is 6.58 Å². The van der Waals surface area contributed by atoms with Crippen molar-refractivity contribution in [3.05, 3.63) is 36.4 Å². The van der Waals surface area contributed by atoms with Crippen LogP contribution in [0.1, 0.15) is 5.56 Å². The average molecular weight is 205 g/mol. The molecule has 0 saturated heterocycles. The molecule has 1 rings (SSSR count). The number of hydrogen-bond donors (Lipinski definition) is 0. The highest BCUT2D eigenvalue weighted by Crippen LogP contribution is 2.22. The lowest BCUT2D eigenvalue weighted by Crippen LogP contribution is -1.93. The number of nitrogens with zero attached hydrogens (tertiary/aromatic N) is 1. The van der Waals surface area contributed by atoms with Gasteiger partial charge in [-0.3, -0.25) is 4.99 Å². The van der Waals surface area contributed by atoms with Crippen LogP contribution in [0.4, 0.5) is 0 Å². The van der Waals surface area contributed by atoms with Gasteiger partial charge in [0.05, 0.1) is 20.8 Å². The third kappa shape index (κ3) is 3.13. The number of hydrogen-bond acceptors (Lipinski definition) is 3. The molecular weight excluding hydrogens is 190 g/mol. The van der Waals surface area contributed by atoms with Gasteiger partial charge in [-0.25, -0.2) is 0 Å². The van der Waals surface area contributed by atoms with Gasteiger partial charge in [0.1, 0.15) is 11.5 Å². The third-order valence-electron chi connectivity index (χ3n) is 1.90. The zero-order chi connectivity index (χ0) is 11.1. The molecule has 3 nitrogen and oxygen atoms in total. The summed E-state index contributed by atoms with van der Waals surface area (Å²) in [6.45, 7) is 4.20. The highest BCUT2D eigenvalue weighted by Gasteiger charge is 2.01. The normalized spacial score (nSPS) is 10.3. The van der Waals surface area contributed by atoms with Gasteiger partial charge in [-0.2, -0.15) is 0 Å². The van der Waals surface area contributed by atoms with Crippen LogP contribution in [0.2, 0.25) is 0 Å². The van der Waals surface area contributed by atoms with Crippen LogP contribution in [-0.4, -0.2) is 27.0 Å². The second-order valence-electron chi connectivity index (χ2n) is 2.89. The summed E-state index contributed by atoms with van der Waals surface area (Å²) in [6.07, 6.45) is 3.49. The van der Waals surface area contributed by atoms with Crippen molar-refractivity contribution >= 4 is 6.21 Å². The highest BCUT2D eigenvalue weighted by atomic mass is 16.5. The van der Waals surface area contributed by atoms with Crippen molar-refractivity contribution in [2.24, 2.45) is 4.99 Å². The maximum Gasteiger partial charge on any atom is 0.127 e. The Hall–Kier alpha value is -1.77. The van der Waals surface area contributed by atoms with Gasteiger partial charge in [-0.05, 0) is 18.2 Å². The van der Waals surface area contributed by atoms with E-state index in [1.54, 1.807) is 26.5 Å². The molecule has 0 N–H and O–H groups in total. The van der Waals surface area contributed by atoms with E-state index in [2.05, 4.69) is 11.6 Å². The Morgan fingerprint density at radius 2 is 2.13 bits per heavy atom. The van der Waals surface area contributed by atoms with Gasteiger partial charge in [-0.1, -0.05) is 6.08 Å². The van der Waals surface area contributed by atoms with Crippen molar-refractivity contribution in [1.29, 1.82) is 0 Å². The summed E-state index contributed by atoms with van der Waals surface area (Å²) < 4.78 is 10.3. The van der Waals surface area contributed by atoms with Gasteiger partial charge in [0, 0.05) is 11.8 Å². The highest BCUT2D eigenvalue weighted by molar-refractivity contribution is 5.84. The fourth-order valence-corrected chi connectivity index (χ4v) is 1.17. The molecule has 0 bridgehead atoms. The molecule has 80 valence electrons. The molecule has 0 heterocycles. The number of ether oxygens (including phenoxy) is 2. The van der Waals surface area contributed by atoms with Crippen molar-refractivity contribution < 1.29 is 9.47 Å². The van der Waals surface area contributed by atoms with E-state index in [1.807, 2.05) is 18.2 Å². The second kappa shape index (κ2) is 5.86. The smallest absolute Gasteiger partial charge is 0.127 e. The van der Waals surface area contributed by atoms with Crippen LogP contribution in [0.25, 0.3) is 0 Å². The van der Waals surface area contributed by atoms with E-state index < -0.39 is 0 Å². The second-order valence-corrected chi connectivity index (χ2v) is 2.89. The topological polar surface area (TPSA) is 30.8 Å². The van der Waals surface area contributed by atoms with Crippen LogP contribution in [0.5, 0.6) is 11.5 Å². The predicted octanol–water partition coefficient (Wildman–Crippen LogP) is 2.31. The quantitative estimate of drug-likeness (QED) is 0.545. The number of aliphatic imine (C=N–C) groups is 1. The molecule has 0 aromatic heterocycles. The lowest BCUT2D eigenvalue weighted by atomic mass is 10.2. The van der Waals surface area contributed by atoms with Crippen LogP contribution in [-0.2, 0) is 0 Å². The minimum Gasteiger partial charge on any atom is -0.497 e. The van der Waals surface area contributed by atoms with Crippen molar-refractivity contribution in [3.63, 3.8) is 0 Å². The third-order valence-corrected chi connectivity index (χ3v) is 1.90. The van der Waals surface area contributed by atoms with Crippen molar-refractivity contribution in [2.45, 2.75) is 0 Å². The van der Waals surface area contributed by atoms with E-state index in [9.17, 15) is 0 Å². The molecule has 0 radical (unpaired) electrons. The van der Waals surface area contributed by atoms with Crippen LogP contribution in [0.3, 0.4) is 0 Å². The van der Waals surface area contributed by atoms with E-state index in [4.69, 9.17) is 9.47 Å². The van der Waals surface area contributed by atoms with E-state index in [0.717, 1.165) is 17.1 Å². The van der Waals surface area contributed by atoms with Gasteiger partial charge >= 0.3 is 0 Å². The molecule has 0 atom stereocenters. The van der Waals surface area contributed by atoms with Crippen molar-refractivity contribution in [1.82, 2.24) is 0 Å². The zero-order valence-electron chi connectivity index (χ0n) is 9.06. The lowest BCUT2D eigenvalue weighted by Gasteiger charge is -2.06. The molecule has 0 amide bonds. The summed E-state index contributed by atoms with van der Waals surface area (Å²) in [4.78, 5) is 4.17. The summed E-state index contributed by atoms with van der Waals surface area (Å²) >= 11 is 0. The number of methoxy groups -OCH3 is 2. The standard InChI is InChI=1S/C12H15NO2/c1-4-7-13-9-10-8-11(14-2)5-6-12(10)15-3/h4-6,8-9H,1,7H2,2-3H3. The van der Waals surface area contributed by atoms with E-state index >= 15 is 0 Å². The lowest BCUT2D eigenvalue weighted by molar-refractivity contribution is 0.402. The maximum absolute atomic E-state index is 5.20. The Morgan fingerprint density at radius 3 is 2.73 bits per heavy atom. The molecule has 15 heavy (non-hydrogen) atoms. The molecule has 1 aromatic rings. The number of benzene rings is 1. The average Bonchev–Trinajstić information content (AvgIpc) is 2.29. The number of rotatable bonds is 5.